The smallest absolute Gasteiger partial charge is 0.414 e. The number of aromatic nitrogens is 2. The minimum absolute atomic E-state index is 0.0181. The molecule has 1 saturated carbocycles. The molecule has 2 saturated heterocycles. The Bertz CT molecular complexity index is 1680. The van der Waals surface area contributed by atoms with Crippen molar-refractivity contribution in [3.8, 4) is 0 Å². The summed E-state index contributed by atoms with van der Waals surface area (Å²) in [7, 11) is 0. The number of anilines is 3. The Kier molecular flexibility index (Phi) is 7.36. The van der Waals surface area contributed by atoms with Crippen molar-refractivity contribution in [3.05, 3.63) is 57.9 Å². The van der Waals surface area contributed by atoms with Crippen molar-refractivity contribution in [1.82, 2.24) is 14.9 Å². The van der Waals surface area contributed by atoms with Crippen LogP contribution in [0.1, 0.15) is 49.0 Å². The maximum Gasteiger partial charge on any atom is 0.414 e. The Hall–Kier alpha value is -4.75. The van der Waals surface area contributed by atoms with E-state index in [9.17, 15) is 24.3 Å². The third-order valence-corrected chi connectivity index (χ3v) is 7.98. The highest BCUT2D eigenvalue weighted by atomic mass is 19.1. The molecule has 0 spiro atoms. The standard InChI is InChI=1S/C29H30F2N6O6/c1-15(38)32-12-19-13-37(29(42)43-19)18-4-5-24(22(30)10-18)33-16-6-8-35(9-7-16)27-23(31)11-20-25(39)21(28(40)41)14-36(17-2-3-17)26(20)34-27/h4-5,10-11,14,16-17,19,33H,2-3,6-9,12-13H2,1H3,(H,32,38)(H,40,41)/t19-/m1/s1. The third kappa shape index (κ3) is 5.68. The Balaban J connectivity index is 1.12. The van der Waals surface area contributed by atoms with Crippen molar-refractivity contribution < 1.29 is 33.0 Å². The molecule has 1 aromatic carbocycles. The van der Waals surface area contributed by atoms with Gasteiger partial charge < -0.3 is 29.9 Å². The van der Waals surface area contributed by atoms with E-state index in [0.717, 1.165) is 18.9 Å². The summed E-state index contributed by atoms with van der Waals surface area (Å²) in [6.45, 7) is 2.56. The molecule has 2 amide bonds. The minimum Gasteiger partial charge on any atom is -0.477 e. The van der Waals surface area contributed by atoms with Crippen LogP contribution in [0, 0.1) is 11.6 Å². The van der Waals surface area contributed by atoms with Crippen LogP contribution < -0.4 is 25.9 Å². The molecule has 0 bridgehead atoms. The normalized spacial score (nSPS) is 19.0. The summed E-state index contributed by atoms with van der Waals surface area (Å²) in [5.74, 6) is -2.76. The lowest BCUT2D eigenvalue weighted by molar-refractivity contribution is -0.119. The molecule has 2 aromatic heterocycles. The van der Waals surface area contributed by atoms with Crippen molar-refractivity contribution in [3.63, 3.8) is 0 Å². The Morgan fingerprint density at radius 1 is 1.09 bits per heavy atom. The number of carbonyl (C=O) groups is 3. The van der Waals surface area contributed by atoms with Gasteiger partial charge in [-0.2, -0.15) is 0 Å². The number of halogens is 2. The molecular formula is C29H30F2N6O6. The number of nitrogens with one attached hydrogen (secondary N) is 2. The molecule has 3 fully saturated rings. The lowest BCUT2D eigenvalue weighted by atomic mass is 10.0. The zero-order valence-electron chi connectivity index (χ0n) is 23.3. The maximum absolute atomic E-state index is 15.2. The molecule has 12 nitrogen and oxygen atoms in total. The molecule has 0 unspecified atom stereocenters. The second-order valence-corrected chi connectivity index (χ2v) is 11.1. The number of fused-ring (bicyclic) bond motifs is 1. The molecule has 4 heterocycles. The number of nitrogens with zero attached hydrogens (tertiary/aromatic N) is 4. The summed E-state index contributed by atoms with van der Waals surface area (Å²) >= 11 is 0. The molecule has 1 atom stereocenters. The third-order valence-electron chi connectivity index (χ3n) is 7.98. The molecule has 3 aromatic rings. The second-order valence-electron chi connectivity index (χ2n) is 11.1. The number of aromatic carboxylic acids is 1. The Morgan fingerprint density at radius 2 is 1.84 bits per heavy atom. The fourth-order valence-corrected chi connectivity index (χ4v) is 5.58. The van der Waals surface area contributed by atoms with Crippen LogP contribution in [-0.2, 0) is 9.53 Å². The van der Waals surface area contributed by atoms with Gasteiger partial charge in [-0.1, -0.05) is 0 Å². The van der Waals surface area contributed by atoms with E-state index in [1.54, 1.807) is 21.6 Å². The number of hydrogen-bond donors (Lipinski definition) is 3. The number of amides is 2. The predicted octanol–water partition coefficient (Wildman–Crippen LogP) is 3.25. The van der Waals surface area contributed by atoms with Crippen LogP contribution in [-0.4, -0.2) is 71.0 Å². The van der Waals surface area contributed by atoms with Gasteiger partial charge in [0.2, 0.25) is 11.3 Å². The van der Waals surface area contributed by atoms with Gasteiger partial charge in [-0.25, -0.2) is 23.4 Å². The molecule has 226 valence electrons. The number of hydrogen-bond acceptors (Lipinski definition) is 8. The average Bonchev–Trinajstić information content (AvgIpc) is 3.75. The van der Waals surface area contributed by atoms with Gasteiger partial charge in [-0.3, -0.25) is 14.5 Å². The van der Waals surface area contributed by atoms with Crippen LogP contribution in [0.15, 0.2) is 35.3 Å². The number of pyridine rings is 2. The first-order chi connectivity index (χ1) is 20.6. The van der Waals surface area contributed by atoms with E-state index in [4.69, 9.17) is 4.74 Å². The summed E-state index contributed by atoms with van der Waals surface area (Å²) in [4.78, 5) is 55.3. The first-order valence-corrected chi connectivity index (χ1v) is 14.1. The van der Waals surface area contributed by atoms with Gasteiger partial charge >= 0.3 is 12.1 Å². The fraction of sp³-hybridized carbons (Fsp3) is 0.414. The van der Waals surface area contributed by atoms with Crippen LogP contribution in [0.2, 0.25) is 0 Å². The quantitative estimate of drug-likeness (QED) is 0.357. The zero-order chi connectivity index (χ0) is 30.4. The molecule has 43 heavy (non-hydrogen) atoms. The van der Waals surface area contributed by atoms with Gasteiger partial charge in [0.25, 0.3) is 0 Å². The van der Waals surface area contributed by atoms with Gasteiger partial charge in [-0.05, 0) is 49.9 Å². The Labute approximate surface area is 244 Å². The number of carboxylic acids is 1. The van der Waals surface area contributed by atoms with Gasteiger partial charge in [0.15, 0.2) is 11.6 Å². The lowest BCUT2D eigenvalue weighted by Crippen LogP contribution is -2.40. The van der Waals surface area contributed by atoms with Crippen molar-refractivity contribution in [1.29, 1.82) is 0 Å². The van der Waals surface area contributed by atoms with Gasteiger partial charge in [0.1, 0.15) is 23.1 Å². The fourth-order valence-electron chi connectivity index (χ4n) is 5.58. The molecule has 1 aliphatic carbocycles. The SMILES string of the molecule is CC(=O)NC[C@@H]1CN(c2ccc(NC3CCN(c4nc5c(cc4F)c(=O)c(C(=O)O)cn5C4CC4)CC3)c(F)c2)C(=O)O1. The maximum atomic E-state index is 15.2. The lowest BCUT2D eigenvalue weighted by Gasteiger charge is -2.34. The van der Waals surface area contributed by atoms with E-state index in [-0.39, 0.29) is 53.6 Å². The number of carbonyl (C=O) groups excluding carboxylic acids is 2. The van der Waals surface area contributed by atoms with E-state index >= 15 is 8.78 Å². The summed E-state index contributed by atoms with van der Waals surface area (Å²) in [6, 6.07) is 5.41. The van der Waals surface area contributed by atoms with E-state index in [1.807, 2.05) is 0 Å². The van der Waals surface area contributed by atoms with Crippen LogP contribution in [0.5, 0.6) is 0 Å². The highest BCUT2D eigenvalue weighted by molar-refractivity contribution is 5.92. The number of cyclic esters (lactones) is 1. The van der Waals surface area contributed by atoms with Crippen LogP contribution in [0.4, 0.5) is 30.8 Å². The van der Waals surface area contributed by atoms with E-state index < -0.39 is 40.8 Å². The van der Waals surface area contributed by atoms with E-state index in [2.05, 4.69) is 15.6 Å². The first kappa shape index (κ1) is 28.4. The average molecular weight is 597 g/mol. The summed E-state index contributed by atoms with van der Waals surface area (Å²) in [5.41, 5.74) is -0.306. The minimum atomic E-state index is -1.36. The molecule has 3 aliphatic rings. The summed E-state index contributed by atoms with van der Waals surface area (Å²) in [5, 5.41) is 15.2. The van der Waals surface area contributed by atoms with Crippen molar-refractivity contribution in [2.24, 2.45) is 0 Å². The number of benzene rings is 1. The molecule has 6 rings (SSSR count). The van der Waals surface area contributed by atoms with E-state index in [1.165, 1.54) is 24.1 Å². The van der Waals surface area contributed by atoms with Gasteiger partial charge in [0, 0.05) is 38.3 Å². The summed E-state index contributed by atoms with van der Waals surface area (Å²) < 4.78 is 37.2. The highest BCUT2D eigenvalue weighted by Gasteiger charge is 2.33. The molecular weight excluding hydrogens is 566 g/mol. The van der Waals surface area contributed by atoms with Gasteiger partial charge in [0.05, 0.1) is 29.9 Å². The molecule has 3 N–H and O–H groups in total. The predicted molar refractivity (Wildman–Crippen MR) is 153 cm³/mol. The first-order valence-electron chi connectivity index (χ1n) is 14.1. The van der Waals surface area contributed by atoms with Crippen molar-refractivity contribution in [2.45, 2.75) is 50.8 Å². The number of rotatable bonds is 8. The van der Waals surface area contributed by atoms with Gasteiger partial charge in [-0.15, -0.1) is 0 Å². The molecule has 14 heteroatoms. The van der Waals surface area contributed by atoms with Crippen LogP contribution in [0.25, 0.3) is 11.0 Å². The number of carboxylic acid groups (broad SMARTS) is 1. The monoisotopic (exact) mass is 596 g/mol. The highest BCUT2D eigenvalue weighted by Crippen LogP contribution is 2.37. The number of ether oxygens (including phenoxy) is 1. The van der Waals surface area contributed by atoms with Crippen molar-refractivity contribution in [2.75, 3.05) is 41.3 Å². The molecule has 2 aliphatic heterocycles. The Morgan fingerprint density at radius 3 is 2.49 bits per heavy atom. The number of piperidine rings is 1. The topological polar surface area (TPSA) is 146 Å². The molecule has 0 radical (unpaired) electrons. The van der Waals surface area contributed by atoms with E-state index in [0.29, 0.717) is 31.6 Å². The zero-order valence-corrected chi connectivity index (χ0v) is 23.3. The van der Waals surface area contributed by atoms with Crippen LogP contribution >= 0.6 is 0 Å². The largest absolute Gasteiger partial charge is 0.477 e. The summed E-state index contributed by atoms with van der Waals surface area (Å²) in [6.07, 6.45) is 2.89. The van der Waals surface area contributed by atoms with Crippen molar-refractivity contribution >= 4 is 46.2 Å². The second kappa shape index (κ2) is 11.2. The van der Waals surface area contributed by atoms with Crippen LogP contribution in [0.3, 0.4) is 0 Å².